The van der Waals surface area contributed by atoms with Crippen LogP contribution in [0.5, 0.6) is 5.75 Å². The number of benzene rings is 1. The molecule has 0 heterocycles. The summed E-state index contributed by atoms with van der Waals surface area (Å²) in [5, 5.41) is 14.4. The summed E-state index contributed by atoms with van der Waals surface area (Å²) < 4.78 is 5.65. The Morgan fingerprint density at radius 2 is 2.28 bits per heavy atom. The van der Waals surface area contributed by atoms with Crippen molar-refractivity contribution < 1.29 is 9.66 Å². The van der Waals surface area contributed by atoms with Gasteiger partial charge in [0.05, 0.1) is 11.0 Å². The van der Waals surface area contributed by atoms with Gasteiger partial charge in [0.1, 0.15) is 0 Å². The maximum Gasteiger partial charge on any atom is 0.311 e. The molecule has 2 rings (SSSR count). The van der Waals surface area contributed by atoms with Crippen LogP contribution in [-0.2, 0) is 0 Å². The lowest BCUT2D eigenvalue weighted by Crippen LogP contribution is -2.38. The Morgan fingerprint density at radius 3 is 2.89 bits per heavy atom. The fraction of sp³-hybridized carbons (Fsp3) is 0.500. The Kier molecular flexibility index (Phi) is 4.04. The number of nitro groups is 1. The molecule has 0 aliphatic heterocycles. The summed E-state index contributed by atoms with van der Waals surface area (Å²) in [4.78, 5) is 10.4. The van der Waals surface area contributed by atoms with Crippen molar-refractivity contribution >= 4 is 17.3 Å². The van der Waals surface area contributed by atoms with Gasteiger partial charge in [-0.05, 0) is 38.4 Å². The highest BCUT2D eigenvalue weighted by molar-refractivity contribution is 6.30. The summed E-state index contributed by atoms with van der Waals surface area (Å²) in [5.74, 6) is 0.860. The highest BCUT2D eigenvalue weighted by Crippen LogP contribution is 2.36. The van der Waals surface area contributed by atoms with Gasteiger partial charge in [0, 0.05) is 17.2 Å². The molecule has 1 fully saturated rings. The molecule has 18 heavy (non-hydrogen) atoms. The molecule has 0 aromatic heterocycles. The lowest BCUT2D eigenvalue weighted by molar-refractivity contribution is -0.386. The average Bonchev–Trinajstić information content (AvgIpc) is 2.26. The monoisotopic (exact) mass is 270 g/mol. The molecule has 98 valence electrons. The fourth-order valence-corrected chi connectivity index (χ4v) is 2.30. The van der Waals surface area contributed by atoms with Gasteiger partial charge in [-0.3, -0.25) is 10.1 Å². The smallest absolute Gasteiger partial charge is 0.311 e. The van der Waals surface area contributed by atoms with Gasteiger partial charge in [0.2, 0.25) is 0 Å². The van der Waals surface area contributed by atoms with Gasteiger partial charge in [-0.15, -0.1) is 0 Å². The van der Waals surface area contributed by atoms with Crippen LogP contribution >= 0.6 is 11.6 Å². The Bertz CT molecular complexity index is 447. The maximum atomic E-state index is 10.9. The minimum atomic E-state index is -0.449. The topological polar surface area (TPSA) is 64.4 Å². The van der Waals surface area contributed by atoms with Crippen molar-refractivity contribution in [2.45, 2.75) is 18.9 Å². The molecule has 1 saturated carbocycles. The predicted octanol–water partition coefficient (Wildman–Crippen LogP) is 2.63. The zero-order valence-electron chi connectivity index (χ0n) is 10.1. The molecule has 0 unspecified atom stereocenters. The number of rotatable bonds is 5. The molecule has 0 radical (unpaired) electrons. The molecule has 0 saturated heterocycles. The highest BCUT2D eigenvalue weighted by atomic mass is 35.5. The van der Waals surface area contributed by atoms with Crippen molar-refractivity contribution in [1.82, 2.24) is 5.32 Å². The minimum absolute atomic E-state index is 0.0310. The number of nitro benzene ring substituents is 1. The van der Waals surface area contributed by atoms with E-state index >= 15 is 0 Å². The Hall–Kier alpha value is -1.33. The molecule has 1 aliphatic carbocycles. The second kappa shape index (κ2) is 5.54. The molecule has 5 nitrogen and oxygen atoms in total. The van der Waals surface area contributed by atoms with Crippen molar-refractivity contribution in [2.75, 3.05) is 13.6 Å². The van der Waals surface area contributed by atoms with E-state index in [4.69, 9.17) is 16.3 Å². The first-order chi connectivity index (χ1) is 8.60. The van der Waals surface area contributed by atoms with Crippen LogP contribution in [0.2, 0.25) is 5.02 Å². The first kappa shape index (κ1) is 13.1. The normalized spacial score (nSPS) is 22.3. The van der Waals surface area contributed by atoms with Gasteiger partial charge >= 0.3 is 5.69 Å². The summed E-state index contributed by atoms with van der Waals surface area (Å²) >= 11 is 5.83. The van der Waals surface area contributed by atoms with E-state index in [1.165, 1.54) is 18.2 Å². The van der Waals surface area contributed by atoms with Crippen molar-refractivity contribution in [2.24, 2.45) is 5.92 Å². The fourth-order valence-electron chi connectivity index (χ4n) is 2.14. The lowest BCUT2D eigenvalue weighted by atomic mass is 9.82. The predicted molar refractivity (Wildman–Crippen MR) is 69.2 cm³/mol. The third-order valence-corrected chi connectivity index (χ3v) is 3.33. The summed E-state index contributed by atoms with van der Waals surface area (Å²) in [6.07, 6.45) is 1.90. The van der Waals surface area contributed by atoms with Crippen LogP contribution in [0, 0.1) is 16.0 Å². The number of nitrogens with zero attached hydrogens (tertiary/aromatic N) is 1. The van der Waals surface area contributed by atoms with Gasteiger partial charge < -0.3 is 10.1 Å². The summed E-state index contributed by atoms with van der Waals surface area (Å²) in [6.45, 7) is 0.956. The standard InChI is InChI=1S/C12H15ClN2O3/c1-14-7-8-4-10(5-8)18-12-6-9(13)2-3-11(12)15(16)17/h2-3,6,8,10,14H,4-5,7H2,1H3. The van der Waals surface area contributed by atoms with E-state index in [9.17, 15) is 10.1 Å². The van der Waals surface area contributed by atoms with Crippen molar-refractivity contribution in [3.63, 3.8) is 0 Å². The number of hydrogen-bond donors (Lipinski definition) is 1. The van der Waals surface area contributed by atoms with Gasteiger partial charge in [-0.2, -0.15) is 0 Å². The average molecular weight is 271 g/mol. The molecule has 1 N–H and O–H groups in total. The Balaban J connectivity index is 2.01. The number of hydrogen-bond acceptors (Lipinski definition) is 4. The molecule has 0 atom stereocenters. The van der Waals surface area contributed by atoms with E-state index in [1.54, 1.807) is 0 Å². The summed E-state index contributed by atoms with van der Waals surface area (Å²) in [7, 11) is 1.91. The molecular weight excluding hydrogens is 256 g/mol. The third kappa shape index (κ3) is 2.91. The first-order valence-corrected chi connectivity index (χ1v) is 6.23. The number of ether oxygens (including phenoxy) is 1. The second-order valence-electron chi connectivity index (χ2n) is 4.50. The number of nitrogens with one attached hydrogen (secondary N) is 1. The van der Waals surface area contributed by atoms with Gasteiger partial charge in [-0.1, -0.05) is 11.6 Å². The summed E-state index contributed by atoms with van der Waals surface area (Å²) in [5.41, 5.74) is -0.0310. The van der Waals surface area contributed by atoms with Crippen LogP contribution in [0.15, 0.2) is 18.2 Å². The van der Waals surface area contributed by atoms with E-state index in [-0.39, 0.29) is 17.5 Å². The largest absolute Gasteiger partial charge is 0.483 e. The van der Waals surface area contributed by atoms with Crippen molar-refractivity contribution in [3.05, 3.63) is 33.3 Å². The van der Waals surface area contributed by atoms with E-state index in [2.05, 4.69) is 5.32 Å². The number of halogens is 1. The van der Waals surface area contributed by atoms with Crippen LogP contribution in [0.4, 0.5) is 5.69 Å². The third-order valence-electron chi connectivity index (χ3n) is 3.10. The summed E-state index contributed by atoms with van der Waals surface area (Å²) in [6, 6.07) is 4.38. The molecule has 1 aromatic rings. The lowest BCUT2D eigenvalue weighted by Gasteiger charge is -2.35. The molecule has 1 aliphatic rings. The highest BCUT2D eigenvalue weighted by Gasteiger charge is 2.31. The zero-order valence-corrected chi connectivity index (χ0v) is 10.8. The molecule has 0 bridgehead atoms. The maximum absolute atomic E-state index is 10.9. The molecule has 1 aromatic carbocycles. The van der Waals surface area contributed by atoms with E-state index in [0.717, 1.165) is 19.4 Å². The van der Waals surface area contributed by atoms with E-state index < -0.39 is 4.92 Å². The molecular formula is C12H15ClN2O3. The Morgan fingerprint density at radius 1 is 1.56 bits per heavy atom. The van der Waals surface area contributed by atoms with Crippen molar-refractivity contribution in [3.8, 4) is 5.75 Å². The van der Waals surface area contributed by atoms with Crippen LogP contribution in [-0.4, -0.2) is 24.6 Å². The van der Waals surface area contributed by atoms with Gasteiger partial charge in [0.15, 0.2) is 5.75 Å². The van der Waals surface area contributed by atoms with Crippen molar-refractivity contribution in [1.29, 1.82) is 0 Å². The zero-order chi connectivity index (χ0) is 13.1. The van der Waals surface area contributed by atoms with Crippen LogP contribution in [0.1, 0.15) is 12.8 Å². The van der Waals surface area contributed by atoms with Gasteiger partial charge in [-0.25, -0.2) is 0 Å². The first-order valence-electron chi connectivity index (χ1n) is 5.85. The van der Waals surface area contributed by atoms with E-state index in [0.29, 0.717) is 10.9 Å². The molecule has 0 spiro atoms. The minimum Gasteiger partial charge on any atom is -0.483 e. The van der Waals surface area contributed by atoms with Crippen LogP contribution < -0.4 is 10.1 Å². The molecule has 0 amide bonds. The van der Waals surface area contributed by atoms with Crippen LogP contribution in [0.25, 0.3) is 0 Å². The second-order valence-corrected chi connectivity index (χ2v) is 4.94. The quantitative estimate of drug-likeness (QED) is 0.660. The van der Waals surface area contributed by atoms with Gasteiger partial charge in [0.25, 0.3) is 0 Å². The Labute approximate surface area is 110 Å². The SMILES string of the molecule is CNCC1CC(Oc2cc(Cl)ccc2[N+](=O)[O-])C1. The van der Waals surface area contributed by atoms with Crippen LogP contribution in [0.3, 0.4) is 0 Å². The molecule has 6 heteroatoms. The van der Waals surface area contributed by atoms with E-state index in [1.807, 2.05) is 7.05 Å².